The molecule has 0 amide bonds. The van der Waals surface area contributed by atoms with Gasteiger partial charge < -0.3 is 9.90 Å². The average molecular weight is 115 g/mol. The summed E-state index contributed by atoms with van der Waals surface area (Å²) in [6, 6.07) is 0. The van der Waals surface area contributed by atoms with Crippen molar-refractivity contribution < 1.29 is 27.0 Å². The Balaban J connectivity index is 0. The molecular weight excluding hydrogens is 112 g/mol. The molecular formula is C2H3FeO2+. The molecule has 5 heavy (non-hydrogen) atoms. The molecule has 0 aliphatic rings. The van der Waals surface area contributed by atoms with Gasteiger partial charge in [0.05, 0.1) is 0 Å². The summed E-state index contributed by atoms with van der Waals surface area (Å²) in [7, 11) is 0. The Bertz CT molecular complexity index is 30.6. The van der Waals surface area contributed by atoms with Crippen molar-refractivity contribution in [1.82, 2.24) is 0 Å². The van der Waals surface area contributed by atoms with Crippen LogP contribution in [-0.2, 0) is 21.9 Å². The summed E-state index contributed by atoms with van der Waals surface area (Å²) in [4.78, 5) is 8.89. The molecule has 0 aromatic carbocycles. The van der Waals surface area contributed by atoms with Crippen molar-refractivity contribution >= 4 is 5.97 Å². The van der Waals surface area contributed by atoms with Crippen LogP contribution >= 0.6 is 0 Å². The van der Waals surface area contributed by atoms with Crippen LogP contribution in [0.25, 0.3) is 0 Å². The van der Waals surface area contributed by atoms with Gasteiger partial charge in [0.1, 0.15) is 0 Å². The minimum atomic E-state index is -1.08. The smallest absolute Gasteiger partial charge is 0.550 e. The fraction of sp³-hybridized carbons (Fsp3) is 0.500. The average Bonchev–Trinajstić information content (AvgIpc) is 0.811. The Morgan fingerprint density at radius 2 is 1.80 bits per heavy atom. The van der Waals surface area contributed by atoms with Crippen molar-refractivity contribution in [3.63, 3.8) is 0 Å². The molecule has 0 atom stereocenters. The van der Waals surface area contributed by atoms with E-state index in [1.54, 1.807) is 0 Å². The third-order valence-electron chi connectivity index (χ3n) is 0. The summed E-state index contributed by atoms with van der Waals surface area (Å²) in [6.07, 6.45) is 0. The van der Waals surface area contributed by atoms with Gasteiger partial charge in [-0.15, -0.1) is 0 Å². The fourth-order valence-corrected chi connectivity index (χ4v) is 0. The molecule has 0 aliphatic heterocycles. The van der Waals surface area contributed by atoms with Crippen LogP contribution in [0, 0.1) is 0 Å². The number of rotatable bonds is 0. The maximum atomic E-state index is 8.89. The quantitative estimate of drug-likeness (QED) is 0.370. The normalized spacial score (nSPS) is 5.00. The number of carbonyl (C=O) groups excluding carboxylic acids is 1. The van der Waals surface area contributed by atoms with Crippen molar-refractivity contribution in [3.8, 4) is 0 Å². The topological polar surface area (TPSA) is 40.1 Å². The predicted octanol–water partition coefficient (Wildman–Crippen LogP) is -1.25. The Morgan fingerprint density at radius 3 is 1.80 bits per heavy atom. The van der Waals surface area contributed by atoms with Gasteiger partial charge >= 0.3 is 17.1 Å². The first-order chi connectivity index (χ1) is 1.73. The second-order valence-electron chi connectivity index (χ2n) is 0.492. The first kappa shape index (κ1) is 8.89. The second kappa shape index (κ2) is 3.99. The van der Waals surface area contributed by atoms with Crippen LogP contribution in [0.15, 0.2) is 0 Å². The van der Waals surface area contributed by atoms with E-state index in [0.717, 1.165) is 6.92 Å². The molecule has 0 fully saturated rings. The van der Waals surface area contributed by atoms with Crippen molar-refractivity contribution in [2.24, 2.45) is 0 Å². The van der Waals surface area contributed by atoms with E-state index >= 15 is 0 Å². The number of aliphatic carboxylic acids is 1. The van der Waals surface area contributed by atoms with Crippen molar-refractivity contribution in [1.29, 1.82) is 0 Å². The van der Waals surface area contributed by atoms with Gasteiger partial charge in [0.2, 0.25) is 0 Å². The van der Waals surface area contributed by atoms with Gasteiger partial charge in [-0.05, 0) is 6.92 Å². The van der Waals surface area contributed by atoms with E-state index in [4.69, 9.17) is 9.90 Å². The predicted molar refractivity (Wildman–Crippen MR) is 10.7 cm³/mol. The van der Waals surface area contributed by atoms with Crippen molar-refractivity contribution in [2.45, 2.75) is 6.92 Å². The van der Waals surface area contributed by atoms with Crippen LogP contribution in [0.5, 0.6) is 0 Å². The van der Waals surface area contributed by atoms with Crippen LogP contribution in [0.3, 0.4) is 0 Å². The Hall–Kier alpha value is -0.0105. The largest absolute Gasteiger partial charge is 2.00 e. The minimum Gasteiger partial charge on any atom is -0.550 e. The number of hydrogen-bond acceptors (Lipinski definition) is 2. The Morgan fingerprint density at radius 1 is 1.80 bits per heavy atom. The zero-order chi connectivity index (χ0) is 3.58. The molecule has 0 bridgehead atoms. The maximum Gasteiger partial charge on any atom is 2.00 e. The van der Waals surface area contributed by atoms with Crippen molar-refractivity contribution in [3.05, 3.63) is 0 Å². The summed E-state index contributed by atoms with van der Waals surface area (Å²) in [6.45, 7) is 0.972. The molecule has 0 N–H and O–H groups in total. The molecule has 0 saturated carbocycles. The SMILES string of the molecule is CC(=O)[O-].[Fe+2]. The second-order valence-corrected chi connectivity index (χ2v) is 0.492. The van der Waals surface area contributed by atoms with Crippen molar-refractivity contribution in [2.75, 3.05) is 0 Å². The van der Waals surface area contributed by atoms with Gasteiger partial charge in [-0.3, -0.25) is 0 Å². The summed E-state index contributed by atoms with van der Waals surface area (Å²) >= 11 is 0. The Kier molecular flexibility index (Phi) is 7.09. The van der Waals surface area contributed by atoms with Gasteiger partial charge in [-0.25, -0.2) is 0 Å². The standard InChI is InChI=1S/C2H4O2.Fe/c1-2(3)4;/h1H3,(H,3,4);/q;+2/p-1. The zero-order valence-electron chi connectivity index (χ0n) is 2.67. The van der Waals surface area contributed by atoms with Crippen LogP contribution < -0.4 is 5.11 Å². The molecule has 0 rings (SSSR count). The van der Waals surface area contributed by atoms with Gasteiger partial charge in [-0.1, -0.05) is 0 Å². The van der Waals surface area contributed by atoms with Gasteiger partial charge in [0.25, 0.3) is 0 Å². The van der Waals surface area contributed by atoms with Crippen LogP contribution in [-0.4, -0.2) is 5.97 Å². The summed E-state index contributed by atoms with van der Waals surface area (Å²) in [5, 5.41) is 8.89. The van der Waals surface area contributed by atoms with Crippen LogP contribution in [0.1, 0.15) is 6.92 Å². The van der Waals surface area contributed by atoms with Gasteiger partial charge in [0, 0.05) is 5.97 Å². The minimum absolute atomic E-state index is 0. The van der Waals surface area contributed by atoms with E-state index in [1.807, 2.05) is 0 Å². The molecule has 0 heterocycles. The summed E-state index contributed by atoms with van der Waals surface area (Å²) in [5.74, 6) is -1.08. The first-order valence-electron chi connectivity index (χ1n) is 0.908. The molecule has 0 aliphatic carbocycles. The number of carboxylic acid groups (broad SMARTS) is 1. The molecule has 0 aromatic rings. The molecule has 0 aromatic heterocycles. The van der Waals surface area contributed by atoms with Gasteiger partial charge in [-0.2, -0.15) is 0 Å². The van der Waals surface area contributed by atoms with E-state index in [0.29, 0.717) is 0 Å². The third kappa shape index (κ3) is 143000. The third-order valence-corrected chi connectivity index (χ3v) is 0. The van der Waals surface area contributed by atoms with Gasteiger partial charge in [0.15, 0.2) is 0 Å². The van der Waals surface area contributed by atoms with Crippen LogP contribution in [0.2, 0.25) is 0 Å². The first-order valence-corrected chi connectivity index (χ1v) is 0.908. The molecule has 2 nitrogen and oxygen atoms in total. The molecule has 0 saturated heterocycles. The van der Waals surface area contributed by atoms with E-state index in [9.17, 15) is 0 Å². The molecule has 3 heteroatoms. The van der Waals surface area contributed by atoms with E-state index in [-0.39, 0.29) is 17.1 Å². The summed E-state index contributed by atoms with van der Waals surface area (Å²) < 4.78 is 0. The molecule has 0 unspecified atom stereocenters. The van der Waals surface area contributed by atoms with E-state index in [2.05, 4.69) is 0 Å². The van der Waals surface area contributed by atoms with Crippen LogP contribution in [0.4, 0.5) is 0 Å². The molecule has 30 valence electrons. The maximum absolute atomic E-state index is 8.89. The summed E-state index contributed by atoms with van der Waals surface area (Å²) in [5.41, 5.74) is 0. The number of hydrogen-bond donors (Lipinski definition) is 0. The Labute approximate surface area is 40.7 Å². The van der Waals surface area contributed by atoms with E-state index < -0.39 is 5.97 Å². The fourth-order valence-electron chi connectivity index (χ4n) is 0. The number of carbonyl (C=O) groups is 1. The molecule has 0 radical (unpaired) electrons. The molecule has 0 spiro atoms. The number of carboxylic acids is 1. The zero-order valence-corrected chi connectivity index (χ0v) is 3.77. The monoisotopic (exact) mass is 115 g/mol. The van der Waals surface area contributed by atoms with E-state index in [1.165, 1.54) is 0 Å².